The Morgan fingerprint density at radius 1 is 1.03 bits per heavy atom. The van der Waals surface area contributed by atoms with E-state index in [0.717, 1.165) is 51.7 Å². The Morgan fingerprint density at radius 3 is 2.68 bits per heavy atom. The molecule has 3 aliphatic heterocycles. The molecule has 7 nitrogen and oxygen atoms in total. The van der Waals surface area contributed by atoms with Crippen molar-refractivity contribution in [3.05, 3.63) is 54.1 Å². The van der Waals surface area contributed by atoms with Gasteiger partial charge in [0.05, 0.1) is 25.9 Å². The Kier molecular flexibility index (Phi) is 7.04. The number of carbonyl (C=O) groups excluding carboxylic acids is 1. The van der Waals surface area contributed by atoms with Crippen LogP contribution in [0.5, 0.6) is 11.5 Å². The zero-order chi connectivity index (χ0) is 23.4. The molecule has 2 fully saturated rings. The molecule has 0 saturated carbocycles. The van der Waals surface area contributed by atoms with Gasteiger partial charge in [0.2, 0.25) is 5.91 Å². The largest absolute Gasteiger partial charge is 0.490 e. The molecule has 1 amide bonds. The Bertz CT molecular complexity index is 985. The number of β-amino-alcohol motifs (C(OH)–C–C–N with tert-alkyl or cyclic N) is 1. The lowest BCUT2D eigenvalue weighted by molar-refractivity contribution is -0.120. The highest BCUT2D eigenvalue weighted by molar-refractivity contribution is 5.92. The molecule has 3 aliphatic rings. The van der Waals surface area contributed by atoms with Crippen LogP contribution in [0.2, 0.25) is 0 Å². The Hall–Kier alpha value is -2.61. The average Bonchev–Trinajstić information content (AvgIpc) is 3.10. The van der Waals surface area contributed by atoms with Gasteiger partial charge in [-0.15, -0.1) is 0 Å². The first-order valence-corrected chi connectivity index (χ1v) is 12.5. The van der Waals surface area contributed by atoms with Gasteiger partial charge >= 0.3 is 0 Å². The van der Waals surface area contributed by atoms with Crippen molar-refractivity contribution >= 4 is 11.6 Å². The second-order valence-electron chi connectivity index (χ2n) is 9.69. The maximum Gasteiger partial charge on any atom is 0.238 e. The first-order chi connectivity index (χ1) is 16.6. The van der Waals surface area contributed by atoms with Crippen molar-refractivity contribution in [2.45, 2.75) is 43.7 Å². The van der Waals surface area contributed by atoms with Gasteiger partial charge in [0.25, 0.3) is 0 Å². The number of carbonyl (C=O) groups is 1. The third kappa shape index (κ3) is 5.06. The number of anilines is 1. The normalized spacial score (nSPS) is 25.3. The zero-order valence-electron chi connectivity index (χ0n) is 19.7. The molecule has 0 radical (unpaired) electrons. The molecule has 7 heteroatoms. The molecule has 2 aromatic rings. The van der Waals surface area contributed by atoms with E-state index in [1.54, 1.807) is 0 Å². The molecular weight excluding hydrogens is 430 g/mol. The van der Waals surface area contributed by atoms with Crippen molar-refractivity contribution in [3.63, 3.8) is 0 Å². The van der Waals surface area contributed by atoms with E-state index in [-0.39, 0.29) is 18.0 Å². The van der Waals surface area contributed by atoms with E-state index in [0.29, 0.717) is 36.9 Å². The van der Waals surface area contributed by atoms with Crippen LogP contribution in [0.1, 0.15) is 31.2 Å². The van der Waals surface area contributed by atoms with Gasteiger partial charge < -0.3 is 19.9 Å². The topological polar surface area (TPSA) is 74.3 Å². The number of hydrogen-bond acceptors (Lipinski definition) is 6. The minimum Gasteiger partial charge on any atom is -0.490 e. The smallest absolute Gasteiger partial charge is 0.238 e. The molecular formula is C27H35N3O4. The van der Waals surface area contributed by atoms with E-state index in [4.69, 9.17) is 9.47 Å². The van der Waals surface area contributed by atoms with Crippen molar-refractivity contribution in [1.82, 2.24) is 9.80 Å². The SMILES string of the molecule is O=C(CN1CC[C@@]2(CCCN2CCc2ccccc2)[C@@H](O)C1)Nc1ccc2c(c1)OCCCO2. The van der Waals surface area contributed by atoms with Gasteiger partial charge in [0.1, 0.15) is 0 Å². The lowest BCUT2D eigenvalue weighted by atomic mass is 9.82. The summed E-state index contributed by atoms with van der Waals surface area (Å²) in [4.78, 5) is 17.3. The number of hydrogen-bond donors (Lipinski definition) is 2. The molecule has 182 valence electrons. The predicted octanol–water partition coefficient (Wildman–Crippen LogP) is 2.93. The monoisotopic (exact) mass is 465 g/mol. The number of fused-ring (bicyclic) bond motifs is 1. The number of aliphatic hydroxyl groups is 1. The minimum absolute atomic E-state index is 0.0787. The number of nitrogens with one attached hydrogen (secondary N) is 1. The summed E-state index contributed by atoms with van der Waals surface area (Å²) in [5.41, 5.74) is 1.88. The van der Waals surface area contributed by atoms with Crippen LogP contribution < -0.4 is 14.8 Å². The fraction of sp³-hybridized carbons (Fsp3) is 0.519. The van der Waals surface area contributed by atoms with Crippen LogP contribution in [0.4, 0.5) is 5.69 Å². The Labute approximate surface area is 201 Å². The molecule has 3 heterocycles. The molecule has 2 N–H and O–H groups in total. The summed E-state index contributed by atoms with van der Waals surface area (Å²) in [6, 6.07) is 16.1. The van der Waals surface area contributed by atoms with E-state index >= 15 is 0 Å². The van der Waals surface area contributed by atoms with Crippen molar-refractivity contribution in [1.29, 1.82) is 0 Å². The summed E-state index contributed by atoms with van der Waals surface area (Å²) < 4.78 is 11.4. The average molecular weight is 466 g/mol. The van der Waals surface area contributed by atoms with Gasteiger partial charge in [0.15, 0.2) is 11.5 Å². The van der Waals surface area contributed by atoms with Gasteiger partial charge in [-0.3, -0.25) is 14.6 Å². The second kappa shape index (κ2) is 10.3. The number of rotatable bonds is 6. The van der Waals surface area contributed by atoms with Crippen LogP contribution >= 0.6 is 0 Å². The molecule has 0 unspecified atom stereocenters. The highest BCUT2D eigenvalue weighted by atomic mass is 16.5. The van der Waals surface area contributed by atoms with E-state index in [2.05, 4.69) is 39.4 Å². The van der Waals surface area contributed by atoms with Crippen molar-refractivity contribution in [2.24, 2.45) is 0 Å². The lowest BCUT2D eigenvalue weighted by Gasteiger charge is -2.48. The third-order valence-corrected chi connectivity index (χ3v) is 7.49. The van der Waals surface area contributed by atoms with E-state index in [9.17, 15) is 9.90 Å². The van der Waals surface area contributed by atoms with Gasteiger partial charge in [-0.05, 0) is 49.9 Å². The fourth-order valence-electron chi connectivity index (χ4n) is 5.67. The number of amides is 1. The summed E-state index contributed by atoms with van der Waals surface area (Å²) in [6.07, 6.45) is 4.43. The summed E-state index contributed by atoms with van der Waals surface area (Å²) in [5, 5.41) is 14.2. The highest BCUT2D eigenvalue weighted by Crippen LogP contribution is 2.39. The fourth-order valence-corrected chi connectivity index (χ4v) is 5.67. The number of ether oxygens (including phenoxy) is 2. The summed E-state index contributed by atoms with van der Waals surface area (Å²) in [5.74, 6) is 1.31. The maximum atomic E-state index is 12.7. The lowest BCUT2D eigenvalue weighted by Crippen LogP contribution is -2.62. The molecule has 5 rings (SSSR count). The molecule has 0 aliphatic carbocycles. The third-order valence-electron chi connectivity index (χ3n) is 7.49. The number of nitrogens with zero attached hydrogens (tertiary/aromatic N) is 2. The first kappa shape index (κ1) is 23.1. The summed E-state index contributed by atoms with van der Waals surface area (Å²) in [7, 11) is 0. The number of piperidine rings is 1. The van der Waals surface area contributed by atoms with Crippen molar-refractivity contribution in [2.75, 3.05) is 51.3 Å². The summed E-state index contributed by atoms with van der Waals surface area (Å²) in [6.45, 7) is 4.86. The van der Waals surface area contributed by atoms with Gasteiger partial charge in [0, 0.05) is 43.3 Å². The van der Waals surface area contributed by atoms with Gasteiger partial charge in [-0.25, -0.2) is 0 Å². The van der Waals surface area contributed by atoms with Crippen LogP contribution in [0.3, 0.4) is 0 Å². The Balaban J connectivity index is 1.15. The number of likely N-dealkylation sites (tertiary alicyclic amines) is 2. The number of benzene rings is 2. The second-order valence-corrected chi connectivity index (χ2v) is 9.69. The Morgan fingerprint density at radius 2 is 1.85 bits per heavy atom. The van der Waals surface area contributed by atoms with Crippen LogP contribution in [0.25, 0.3) is 0 Å². The molecule has 2 atom stereocenters. The molecule has 34 heavy (non-hydrogen) atoms. The van der Waals surface area contributed by atoms with Crippen LogP contribution in [-0.4, -0.2) is 78.4 Å². The zero-order valence-corrected chi connectivity index (χ0v) is 19.7. The minimum atomic E-state index is -0.453. The maximum absolute atomic E-state index is 12.7. The molecule has 0 aromatic heterocycles. The standard InChI is InChI=1S/C27H35N3O4/c31-25-19-29(20-26(32)28-22-8-9-23-24(18-22)34-17-5-16-33-23)15-12-27(25)11-4-13-30(27)14-10-21-6-2-1-3-7-21/h1-3,6-9,18,25,31H,4-5,10-17,19-20H2,(H,28,32)/t25-,27-/m0/s1. The molecule has 0 bridgehead atoms. The van der Waals surface area contributed by atoms with E-state index in [1.807, 2.05) is 24.3 Å². The summed E-state index contributed by atoms with van der Waals surface area (Å²) >= 11 is 0. The van der Waals surface area contributed by atoms with Crippen molar-refractivity contribution in [3.8, 4) is 11.5 Å². The van der Waals surface area contributed by atoms with Gasteiger partial charge in [-0.2, -0.15) is 0 Å². The predicted molar refractivity (Wildman–Crippen MR) is 131 cm³/mol. The molecule has 2 aromatic carbocycles. The van der Waals surface area contributed by atoms with Crippen LogP contribution in [-0.2, 0) is 11.2 Å². The van der Waals surface area contributed by atoms with Crippen LogP contribution in [0, 0.1) is 0 Å². The van der Waals surface area contributed by atoms with E-state index in [1.165, 1.54) is 5.56 Å². The number of aliphatic hydroxyl groups excluding tert-OH is 1. The van der Waals surface area contributed by atoms with E-state index < -0.39 is 6.10 Å². The first-order valence-electron chi connectivity index (χ1n) is 12.5. The van der Waals surface area contributed by atoms with Crippen LogP contribution in [0.15, 0.2) is 48.5 Å². The van der Waals surface area contributed by atoms with Crippen molar-refractivity contribution < 1.29 is 19.4 Å². The quantitative estimate of drug-likeness (QED) is 0.684. The molecule has 1 spiro atoms. The molecule has 2 saturated heterocycles. The highest BCUT2D eigenvalue weighted by Gasteiger charge is 2.49. The van der Waals surface area contributed by atoms with Gasteiger partial charge in [-0.1, -0.05) is 30.3 Å².